The fourth-order valence-corrected chi connectivity index (χ4v) is 6.25. The van der Waals surface area contributed by atoms with E-state index in [2.05, 4.69) is 0 Å². The van der Waals surface area contributed by atoms with Gasteiger partial charge in [0.15, 0.2) is 0 Å². The normalized spacial score (nSPS) is 16.1. The van der Waals surface area contributed by atoms with Gasteiger partial charge in [-0.1, -0.05) is 77.7 Å². The smallest absolute Gasteiger partial charge is 0.266 e. The first-order valence-electron chi connectivity index (χ1n) is 10.3. The van der Waals surface area contributed by atoms with Crippen LogP contribution in [0, 0.1) is 5.82 Å². The summed E-state index contributed by atoms with van der Waals surface area (Å²) in [7, 11) is 0. The van der Waals surface area contributed by atoms with Crippen LogP contribution in [0.4, 0.5) is 15.8 Å². The van der Waals surface area contributed by atoms with Crippen molar-refractivity contribution in [3.05, 3.63) is 88.0 Å². The highest BCUT2D eigenvalue weighted by atomic mass is 35.5. The number of amides is 2. The third-order valence-electron chi connectivity index (χ3n) is 5.35. The van der Waals surface area contributed by atoms with Crippen LogP contribution in [0.15, 0.2) is 81.4 Å². The average Bonchev–Trinajstić information content (AvgIpc) is 3.09. The highest BCUT2D eigenvalue weighted by molar-refractivity contribution is 8.26. The van der Waals surface area contributed by atoms with Crippen molar-refractivity contribution in [3.8, 4) is 0 Å². The SMILES string of the molecule is O=C1/C(=C\c2ccccc2F)SC(=S)N1CCC(=O)N1c2ccccc2Sc2ccc(Cl)cc21. The van der Waals surface area contributed by atoms with Gasteiger partial charge in [-0.3, -0.25) is 19.4 Å². The number of rotatable bonds is 4. The Hall–Kier alpha value is -2.65. The third-order valence-corrected chi connectivity index (χ3v) is 8.10. The Morgan fingerprint density at radius 2 is 1.74 bits per heavy atom. The predicted molar refractivity (Wildman–Crippen MR) is 140 cm³/mol. The van der Waals surface area contributed by atoms with Gasteiger partial charge in [-0.15, -0.1) is 0 Å². The molecule has 5 rings (SSSR count). The van der Waals surface area contributed by atoms with E-state index in [-0.39, 0.29) is 24.8 Å². The molecule has 0 aromatic heterocycles. The number of para-hydroxylation sites is 1. The van der Waals surface area contributed by atoms with E-state index >= 15 is 0 Å². The Labute approximate surface area is 214 Å². The monoisotopic (exact) mass is 526 g/mol. The lowest BCUT2D eigenvalue weighted by molar-refractivity contribution is -0.123. The molecule has 0 saturated carbocycles. The van der Waals surface area contributed by atoms with Gasteiger partial charge in [-0.05, 0) is 42.5 Å². The van der Waals surface area contributed by atoms with Gasteiger partial charge < -0.3 is 0 Å². The van der Waals surface area contributed by atoms with Gasteiger partial charge in [0.25, 0.3) is 5.91 Å². The Morgan fingerprint density at radius 3 is 2.56 bits per heavy atom. The standard InChI is InChI=1S/C25H16ClFN2O2S3/c26-16-9-10-21-19(14-16)29(18-7-3-4-8-20(18)33-21)23(30)11-12-28-24(31)22(34-25(28)32)13-15-5-1-2-6-17(15)27/h1-10,13-14H,11-12H2/b22-13+. The molecule has 2 amide bonds. The van der Waals surface area contributed by atoms with E-state index in [1.807, 2.05) is 30.3 Å². The molecule has 0 unspecified atom stereocenters. The number of fused-ring (bicyclic) bond motifs is 2. The van der Waals surface area contributed by atoms with Gasteiger partial charge in [0.2, 0.25) is 5.91 Å². The molecule has 170 valence electrons. The molecule has 34 heavy (non-hydrogen) atoms. The van der Waals surface area contributed by atoms with Gasteiger partial charge in [-0.25, -0.2) is 4.39 Å². The Morgan fingerprint density at radius 1 is 1.00 bits per heavy atom. The number of carbonyl (C=O) groups excluding carboxylic acids is 2. The molecule has 3 aromatic rings. The van der Waals surface area contributed by atoms with E-state index in [4.69, 9.17) is 23.8 Å². The number of anilines is 2. The molecule has 2 aliphatic heterocycles. The second kappa shape index (κ2) is 9.54. The van der Waals surface area contributed by atoms with Gasteiger partial charge >= 0.3 is 0 Å². The molecule has 0 bridgehead atoms. The number of carbonyl (C=O) groups is 2. The second-order valence-electron chi connectivity index (χ2n) is 7.52. The molecular weight excluding hydrogens is 511 g/mol. The molecule has 0 radical (unpaired) electrons. The van der Waals surface area contributed by atoms with Crippen LogP contribution in [0.25, 0.3) is 6.08 Å². The van der Waals surface area contributed by atoms with Crippen molar-refractivity contribution in [2.45, 2.75) is 16.2 Å². The molecule has 9 heteroatoms. The van der Waals surface area contributed by atoms with Gasteiger partial charge in [-0.2, -0.15) is 0 Å². The summed E-state index contributed by atoms with van der Waals surface area (Å²) in [4.78, 5) is 31.7. The van der Waals surface area contributed by atoms with Crippen LogP contribution < -0.4 is 4.90 Å². The summed E-state index contributed by atoms with van der Waals surface area (Å²) in [6.07, 6.45) is 1.55. The molecule has 0 atom stereocenters. The first kappa shape index (κ1) is 23.1. The van der Waals surface area contributed by atoms with Crippen molar-refractivity contribution < 1.29 is 14.0 Å². The maximum absolute atomic E-state index is 14.0. The van der Waals surface area contributed by atoms with Crippen LogP contribution in [0.5, 0.6) is 0 Å². The van der Waals surface area contributed by atoms with Gasteiger partial charge in [0.1, 0.15) is 10.1 Å². The van der Waals surface area contributed by atoms with Crippen LogP contribution in [0.2, 0.25) is 5.02 Å². The minimum atomic E-state index is -0.415. The van der Waals surface area contributed by atoms with E-state index in [0.29, 0.717) is 25.5 Å². The summed E-state index contributed by atoms with van der Waals surface area (Å²) in [6.45, 7) is 0.125. The second-order valence-corrected chi connectivity index (χ2v) is 10.7. The van der Waals surface area contributed by atoms with Crippen molar-refractivity contribution in [3.63, 3.8) is 0 Å². The summed E-state index contributed by atoms with van der Waals surface area (Å²) in [5, 5.41) is 0.534. The average molecular weight is 527 g/mol. The Bertz CT molecular complexity index is 1380. The zero-order valence-corrected chi connectivity index (χ0v) is 20.7. The molecule has 3 aromatic carbocycles. The van der Waals surface area contributed by atoms with E-state index in [1.54, 1.807) is 47.0 Å². The maximum atomic E-state index is 14.0. The summed E-state index contributed by atoms with van der Waals surface area (Å²) in [5.41, 5.74) is 1.80. The van der Waals surface area contributed by atoms with Crippen LogP contribution in [-0.4, -0.2) is 27.6 Å². The van der Waals surface area contributed by atoms with E-state index < -0.39 is 5.82 Å². The third kappa shape index (κ3) is 4.38. The van der Waals surface area contributed by atoms with Crippen LogP contribution in [0.1, 0.15) is 12.0 Å². The molecular formula is C25H16ClFN2O2S3. The van der Waals surface area contributed by atoms with Gasteiger partial charge in [0.05, 0.1) is 16.3 Å². The highest BCUT2D eigenvalue weighted by Gasteiger charge is 2.34. The number of thioether (sulfide) groups is 1. The van der Waals surface area contributed by atoms with Crippen LogP contribution in [-0.2, 0) is 9.59 Å². The molecule has 2 heterocycles. The number of nitrogens with zero attached hydrogens (tertiary/aromatic N) is 2. The molecule has 2 aliphatic rings. The van der Waals surface area contributed by atoms with Crippen LogP contribution >= 0.6 is 47.3 Å². The number of thiocarbonyl (C=S) groups is 1. The fourth-order valence-electron chi connectivity index (χ4n) is 3.74. The number of hydrogen-bond donors (Lipinski definition) is 0. The van der Waals surface area contributed by atoms with Crippen molar-refractivity contribution in [2.24, 2.45) is 0 Å². The quantitative estimate of drug-likeness (QED) is 0.273. The molecule has 0 aliphatic carbocycles. The maximum Gasteiger partial charge on any atom is 0.266 e. The van der Waals surface area contributed by atoms with E-state index in [1.165, 1.54) is 17.0 Å². The first-order valence-corrected chi connectivity index (χ1v) is 12.7. The number of benzene rings is 3. The number of halogens is 2. The lowest BCUT2D eigenvalue weighted by atomic mass is 10.2. The van der Waals surface area contributed by atoms with E-state index in [0.717, 1.165) is 27.2 Å². The summed E-state index contributed by atoms with van der Waals surface area (Å²) in [5.74, 6) is -0.922. The largest absolute Gasteiger partial charge is 0.292 e. The molecule has 4 nitrogen and oxygen atoms in total. The lowest BCUT2D eigenvalue weighted by Crippen LogP contribution is -2.35. The van der Waals surface area contributed by atoms with Crippen molar-refractivity contribution in [1.82, 2.24) is 4.90 Å². The van der Waals surface area contributed by atoms with E-state index in [9.17, 15) is 14.0 Å². The van der Waals surface area contributed by atoms with Crippen molar-refractivity contribution in [1.29, 1.82) is 0 Å². The first-order chi connectivity index (χ1) is 16.4. The summed E-state index contributed by atoms with van der Waals surface area (Å²) in [6, 6.07) is 19.4. The van der Waals surface area contributed by atoms with Crippen LogP contribution in [0.3, 0.4) is 0 Å². The number of hydrogen-bond acceptors (Lipinski definition) is 5. The summed E-state index contributed by atoms with van der Waals surface area (Å²) >= 11 is 14.3. The fraction of sp³-hybridized carbons (Fsp3) is 0.0800. The molecule has 0 spiro atoms. The predicted octanol–water partition coefficient (Wildman–Crippen LogP) is 6.90. The van der Waals surface area contributed by atoms with Gasteiger partial charge in [0, 0.05) is 33.3 Å². The molecule has 0 N–H and O–H groups in total. The Balaban J connectivity index is 1.37. The minimum Gasteiger partial charge on any atom is -0.292 e. The topological polar surface area (TPSA) is 40.6 Å². The summed E-state index contributed by atoms with van der Waals surface area (Å²) < 4.78 is 14.4. The minimum absolute atomic E-state index is 0.0599. The lowest BCUT2D eigenvalue weighted by Gasteiger charge is -2.31. The zero-order valence-electron chi connectivity index (χ0n) is 17.5. The van der Waals surface area contributed by atoms with Crippen molar-refractivity contribution >= 4 is 80.9 Å². The van der Waals surface area contributed by atoms with Crippen molar-refractivity contribution in [2.75, 3.05) is 11.4 Å². The molecule has 1 saturated heterocycles. The Kier molecular flexibility index (Phi) is 6.48. The zero-order chi connectivity index (χ0) is 23.8. The molecule has 1 fully saturated rings. The highest BCUT2D eigenvalue weighted by Crippen LogP contribution is 2.49.